The number of carbonyl (C=O) groups is 2. The number of aliphatic hydroxyl groups excluding tert-OH is 1. The summed E-state index contributed by atoms with van der Waals surface area (Å²) in [6, 6.07) is 12.4. The SMILES string of the molecule is COc1ccc(/C(O)=C2/C(=O)C(=O)N(C3CCCC3)C2c2ccc(O)cc2)cc1. The van der Waals surface area contributed by atoms with Gasteiger partial charge in [0.15, 0.2) is 0 Å². The first-order valence-corrected chi connectivity index (χ1v) is 9.74. The third-order valence-corrected chi connectivity index (χ3v) is 5.77. The third kappa shape index (κ3) is 3.35. The Morgan fingerprint density at radius 3 is 2.21 bits per heavy atom. The van der Waals surface area contributed by atoms with Crippen LogP contribution in [0.15, 0.2) is 54.1 Å². The van der Waals surface area contributed by atoms with Crippen LogP contribution in [0.3, 0.4) is 0 Å². The molecule has 4 rings (SSSR count). The lowest BCUT2D eigenvalue weighted by molar-refractivity contribution is -0.141. The summed E-state index contributed by atoms with van der Waals surface area (Å²) in [5, 5.41) is 20.7. The maximum Gasteiger partial charge on any atom is 0.295 e. The van der Waals surface area contributed by atoms with Gasteiger partial charge in [-0.1, -0.05) is 25.0 Å². The molecular formula is C23H23NO5. The van der Waals surface area contributed by atoms with Crippen molar-refractivity contribution in [1.82, 2.24) is 4.90 Å². The second-order valence-corrected chi connectivity index (χ2v) is 7.46. The number of phenolic OH excluding ortho intramolecular Hbond substituents is 1. The minimum absolute atomic E-state index is 0.0357. The average Bonchev–Trinajstić information content (AvgIpc) is 3.35. The monoisotopic (exact) mass is 393 g/mol. The number of likely N-dealkylation sites (tertiary alicyclic amines) is 1. The summed E-state index contributed by atoms with van der Waals surface area (Å²) in [5.74, 6) is -0.734. The molecular weight excluding hydrogens is 370 g/mol. The van der Waals surface area contributed by atoms with Gasteiger partial charge in [0, 0.05) is 11.6 Å². The van der Waals surface area contributed by atoms with E-state index in [0.717, 1.165) is 25.7 Å². The van der Waals surface area contributed by atoms with Crippen LogP contribution in [0, 0.1) is 0 Å². The van der Waals surface area contributed by atoms with Gasteiger partial charge in [-0.15, -0.1) is 0 Å². The molecule has 1 saturated heterocycles. The van der Waals surface area contributed by atoms with Gasteiger partial charge < -0.3 is 19.8 Å². The van der Waals surface area contributed by atoms with Gasteiger partial charge >= 0.3 is 0 Å². The molecule has 0 radical (unpaired) electrons. The van der Waals surface area contributed by atoms with Crippen molar-refractivity contribution < 1.29 is 24.5 Å². The number of benzene rings is 2. The number of carbonyl (C=O) groups excluding carboxylic acids is 2. The van der Waals surface area contributed by atoms with Crippen molar-refractivity contribution in [3.8, 4) is 11.5 Å². The zero-order valence-corrected chi connectivity index (χ0v) is 16.2. The van der Waals surface area contributed by atoms with Gasteiger partial charge in [0.1, 0.15) is 17.3 Å². The maximum atomic E-state index is 13.0. The number of aliphatic hydroxyl groups is 1. The molecule has 6 nitrogen and oxygen atoms in total. The molecule has 2 aliphatic rings. The summed E-state index contributed by atoms with van der Waals surface area (Å²) in [4.78, 5) is 27.6. The Balaban J connectivity index is 1.85. The fourth-order valence-electron chi connectivity index (χ4n) is 4.30. The lowest BCUT2D eigenvalue weighted by Crippen LogP contribution is -2.37. The van der Waals surface area contributed by atoms with E-state index in [0.29, 0.717) is 16.9 Å². The van der Waals surface area contributed by atoms with Crippen molar-refractivity contribution in [2.45, 2.75) is 37.8 Å². The Kier molecular flexibility index (Phi) is 5.01. The number of nitrogens with zero attached hydrogens (tertiary/aromatic N) is 1. The predicted octanol–water partition coefficient (Wildman–Crippen LogP) is 3.77. The number of methoxy groups -OCH3 is 1. The highest BCUT2D eigenvalue weighted by Gasteiger charge is 2.49. The van der Waals surface area contributed by atoms with Crippen molar-refractivity contribution in [3.63, 3.8) is 0 Å². The Bertz CT molecular complexity index is 956. The van der Waals surface area contributed by atoms with Gasteiger partial charge in [-0.05, 0) is 54.8 Å². The molecule has 1 atom stereocenters. The van der Waals surface area contributed by atoms with Crippen molar-refractivity contribution in [2.24, 2.45) is 0 Å². The summed E-state index contributed by atoms with van der Waals surface area (Å²) in [7, 11) is 1.55. The molecule has 1 saturated carbocycles. The van der Waals surface area contributed by atoms with Crippen LogP contribution in [0.2, 0.25) is 0 Å². The molecule has 1 aliphatic carbocycles. The van der Waals surface area contributed by atoms with Crippen LogP contribution in [0.25, 0.3) is 5.76 Å². The van der Waals surface area contributed by atoms with E-state index in [1.54, 1.807) is 48.4 Å². The summed E-state index contributed by atoms with van der Waals surface area (Å²) in [5.41, 5.74) is 1.21. The second kappa shape index (κ2) is 7.62. The quantitative estimate of drug-likeness (QED) is 0.469. The molecule has 2 N–H and O–H groups in total. The third-order valence-electron chi connectivity index (χ3n) is 5.77. The zero-order chi connectivity index (χ0) is 20.5. The van der Waals surface area contributed by atoms with Gasteiger partial charge in [0.25, 0.3) is 11.7 Å². The van der Waals surface area contributed by atoms with Crippen LogP contribution in [0.4, 0.5) is 0 Å². The van der Waals surface area contributed by atoms with E-state index in [4.69, 9.17) is 4.74 Å². The number of hydrogen-bond donors (Lipinski definition) is 2. The molecule has 2 aromatic carbocycles. The molecule has 150 valence electrons. The van der Waals surface area contributed by atoms with Crippen LogP contribution < -0.4 is 4.74 Å². The molecule has 0 bridgehead atoms. The van der Waals surface area contributed by atoms with Gasteiger partial charge in [0.2, 0.25) is 0 Å². The number of aromatic hydroxyl groups is 1. The van der Waals surface area contributed by atoms with Gasteiger partial charge in [0.05, 0.1) is 18.7 Å². The fourth-order valence-corrected chi connectivity index (χ4v) is 4.30. The van der Waals surface area contributed by atoms with Crippen LogP contribution in [-0.4, -0.2) is 40.0 Å². The standard InChI is InChI=1S/C23H23NO5/c1-29-18-12-8-15(9-13-18)21(26)19-20(14-6-10-17(25)11-7-14)24(23(28)22(19)27)16-4-2-3-5-16/h6-13,16,20,25-26H,2-5H2,1H3/b21-19-. The van der Waals surface area contributed by atoms with Crippen LogP contribution in [0.1, 0.15) is 42.9 Å². The number of amides is 1. The van der Waals surface area contributed by atoms with E-state index in [2.05, 4.69) is 0 Å². The fraction of sp³-hybridized carbons (Fsp3) is 0.304. The zero-order valence-electron chi connectivity index (χ0n) is 16.2. The summed E-state index contributed by atoms with van der Waals surface area (Å²) in [6.45, 7) is 0. The molecule has 2 fully saturated rings. The number of hydrogen-bond acceptors (Lipinski definition) is 5. The van der Waals surface area contributed by atoms with Crippen molar-refractivity contribution in [2.75, 3.05) is 7.11 Å². The van der Waals surface area contributed by atoms with E-state index in [-0.39, 0.29) is 23.1 Å². The largest absolute Gasteiger partial charge is 0.508 e. The van der Waals surface area contributed by atoms with Crippen LogP contribution in [-0.2, 0) is 9.59 Å². The topological polar surface area (TPSA) is 87.1 Å². The van der Waals surface area contributed by atoms with E-state index >= 15 is 0 Å². The Morgan fingerprint density at radius 1 is 1.00 bits per heavy atom. The summed E-state index contributed by atoms with van der Waals surface area (Å²) in [6.07, 6.45) is 3.69. The molecule has 2 aromatic rings. The average molecular weight is 393 g/mol. The summed E-state index contributed by atoms with van der Waals surface area (Å²) < 4.78 is 5.15. The molecule has 1 unspecified atom stereocenters. The highest BCUT2D eigenvalue weighted by atomic mass is 16.5. The molecule has 0 aromatic heterocycles. The minimum Gasteiger partial charge on any atom is -0.508 e. The maximum absolute atomic E-state index is 13.0. The Morgan fingerprint density at radius 2 is 1.62 bits per heavy atom. The Hall–Kier alpha value is -3.28. The van der Waals surface area contributed by atoms with Gasteiger partial charge in [-0.2, -0.15) is 0 Å². The number of ketones is 1. The van der Waals surface area contributed by atoms with Crippen molar-refractivity contribution >= 4 is 17.4 Å². The number of rotatable bonds is 4. The molecule has 1 aliphatic heterocycles. The number of ether oxygens (including phenoxy) is 1. The van der Waals surface area contributed by atoms with E-state index in [9.17, 15) is 19.8 Å². The van der Waals surface area contributed by atoms with Crippen molar-refractivity contribution in [1.29, 1.82) is 0 Å². The first-order chi connectivity index (χ1) is 14.0. The van der Waals surface area contributed by atoms with E-state index < -0.39 is 17.7 Å². The predicted molar refractivity (Wildman–Crippen MR) is 107 cm³/mol. The normalized spacial score (nSPS) is 21.7. The summed E-state index contributed by atoms with van der Waals surface area (Å²) >= 11 is 0. The van der Waals surface area contributed by atoms with E-state index in [1.807, 2.05) is 0 Å². The lowest BCUT2D eigenvalue weighted by atomic mass is 9.94. The number of phenols is 1. The first kappa shape index (κ1) is 19.1. The Labute approximate surface area is 169 Å². The van der Waals surface area contributed by atoms with Crippen LogP contribution >= 0.6 is 0 Å². The first-order valence-electron chi connectivity index (χ1n) is 9.74. The molecule has 0 spiro atoms. The van der Waals surface area contributed by atoms with Crippen LogP contribution in [0.5, 0.6) is 11.5 Å². The van der Waals surface area contributed by atoms with Gasteiger partial charge in [-0.3, -0.25) is 9.59 Å². The smallest absolute Gasteiger partial charge is 0.295 e. The van der Waals surface area contributed by atoms with Crippen molar-refractivity contribution in [3.05, 3.63) is 65.2 Å². The molecule has 1 amide bonds. The number of Topliss-reactive ketones (excluding diaryl/α,β-unsaturated/α-hetero) is 1. The molecule has 6 heteroatoms. The molecule has 29 heavy (non-hydrogen) atoms. The molecule has 1 heterocycles. The highest BCUT2D eigenvalue weighted by molar-refractivity contribution is 6.46. The lowest BCUT2D eigenvalue weighted by Gasteiger charge is -2.30. The highest BCUT2D eigenvalue weighted by Crippen LogP contribution is 2.43. The van der Waals surface area contributed by atoms with Gasteiger partial charge in [-0.25, -0.2) is 0 Å². The second-order valence-electron chi connectivity index (χ2n) is 7.46. The minimum atomic E-state index is -0.680. The van der Waals surface area contributed by atoms with E-state index in [1.165, 1.54) is 12.1 Å².